The minimum Gasteiger partial charge on any atom is -0.207 e. The molecule has 40 heavy (non-hydrogen) atoms. The third-order valence-corrected chi connectivity index (χ3v) is 12.9. The van der Waals surface area contributed by atoms with Gasteiger partial charge in [0, 0.05) is 38.8 Å². The first kappa shape index (κ1) is 30.4. The molecule has 4 rings (SSSR count). The Balaban J connectivity index is 1.78. The van der Waals surface area contributed by atoms with Crippen molar-refractivity contribution in [1.82, 2.24) is 12.9 Å². The fourth-order valence-corrected chi connectivity index (χ4v) is 9.17. The molecule has 0 unspecified atom stereocenters. The van der Waals surface area contributed by atoms with Crippen LogP contribution in [0.3, 0.4) is 0 Å². The van der Waals surface area contributed by atoms with Crippen LogP contribution in [0.25, 0.3) is 0 Å². The average molecular weight is 606 g/mol. The van der Waals surface area contributed by atoms with Crippen LogP contribution in [0, 0.1) is 20.8 Å². The second-order valence-electron chi connectivity index (χ2n) is 10.2. The molecule has 1 saturated heterocycles. The van der Waals surface area contributed by atoms with Gasteiger partial charge in [-0.3, -0.25) is 0 Å². The zero-order valence-electron chi connectivity index (χ0n) is 23.1. The Labute approximate surface area is 238 Å². The van der Waals surface area contributed by atoms with Gasteiger partial charge in [0.1, 0.15) is 0 Å². The summed E-state index contributed by atoms with van der Waals surface area (Å²) in [6.45, 7) is 6.51. The fourth-order valence-electron chi connectivity index (χ4n) is 4.62. The van der Waals surface area contributed by atoms with Crippen molar-refractivity contribution in [3.05, 3.63) is 89.5 Å². The quantitative estimate of drug-likeness (QED) is 0.426. The lowest BCUT2D eigenvalue weighted by atomic mass is 10.2. The number of nitrogens with zero attached hydrogens (tertiary/aromatic N) is 3. The maximum atomic E-state index is 13.8. The van der Waals surface area contributed by atoms with Crippen LogP contribution in [-0.2, 0) is 30.1 Å². The van der Waals surface area contributed by atoms with Crippen LogP contribution < -0.4 is 0 Å². The Bertz CT molecular complexity index is 1650. The molecule has 0 bridgehead atoms. The van der Waals surface area contributed by atoms with E-state index in [1.54, 1.807) is 43.3 Å². The van der Waals surface area contributed by atoms with Crippen LogP contribution in [0.1, 0.15) is 23.6 Å². The van der Waals surface area contributed by atoms with Crippen molar-refractivity contribution in [3.63, 3.8) is 0 Å². The fraction of sp³-hybridized carbons (Fsp3) is 0.357. The molecule has 0 amide bonds. The summed E-state index contributed by atoms with van der Waals surface area (Å²) in [6, 6.07) is 18.4. The molecule has 216 valence electrons. The highest BCUT2D eigenvalue weighted by Crippen LogP contribution is 2.25. The Morgan fingerprint density at radius 1 is 0.500 bits per heavy atom. The van der Waals surface area contributed by atoms with Gasteiger partial charge in [0.15, 0.2) is 0 Å². The van der Waals surface area contributed by atoms with Gasteiger partial charge in [0.05, 0.1) is 14.7 Å². The molecule has 0 spiro atoms. The van der Waals surface area contributed by atoms with E-state index in [0.717, 1.165) is 16.7 Å². The van der Waals surface area contributed by atoms with Crippen molar-refractivity contribution in [2.45, 2.75) is 48.4 Å². The first-order valence-electron chi connectivity index (χ1n) is 12.9. The number of hydrogen-bond donors (Lipinski definition) is 0. The lowest BCUT2D eigenvalue weighted by molar-refractivity contribution is 0.292. The van der Waals surface area contributed by atoms with Gasteiger partial charge in [-0.2, -0.15) is 12.9 Å². The number of rotatable bonds is 6. The summed E-state index contributed by atoms with van der Waals surface area (Å²) in [6.07, 6.45) is 0. The molecule has 12 heteroatoms. The highest BCUT2D eigenvalue weighted by atomic mass is 32.2. The van der Waals surface area contributed by atoms with Crippen LogP contribution in [0.5, 0.6) is 0 Å². The van der Waals surface area contributed by atoms with E-state index in [1.165, 1.54) is 49.3 Å². The number of hydrogen-bond acceptors (Lipinski definition) is 6. The van der Waals surface area contributed by atoms with Crippen LogP contribution in [0.4, 0.5) is 0 Å². The topological polar surface area (TPSA) is 112 Å². The van der Waals surface area contributed by atoms with Gasteiger partial charge in [-0.1, -0.05) is 53.1 Å². The number of benzene rings is 3. The van der Waals surface area contributed by atoms with E-state index in [4.69, 9.17) is 0 Å². The van der Waals surface area contributed by atoms with E-state index in [9.17, 15) is 25.3 Å². The molecule has 1 aliphatic rings. The minimum absolute atomic E-state index is 0.0603. The van der Waals surface area contributed by atoms with Gasteiger partial charge >= 0.3 is 0 Å². The molecule has 9 nitrogen and oxygen atoms in total. The van der Waals surface area contributed by atoms with Crippen molar-refractivity contribution < 1.29 is 25.3 Å². The predicted octanol–water partition coefficient (Wildman–Crippen LogP) is 3.39. The molecular formula is C28H35N3O6S3. The third-order valence-electron chi connectivity index (χ3n) is 7.07. The van der Waals surface area contributed by atoms with Crippen molar-refractivity contribution in [2.24, 2.45) is 0 Å². The lowest BCUT2D eigenvalue weighted by Crippen LogP contribution is -2.47. The minimum atomic E-state index is -4.07. The van der Waals surface area contributed by atoms with Crippen molar-refractivity contribution in [2.75, 3.05) is 32.7 Å². The standard InChI is InChI=1S/C28H35N3O6S3/c1-22-5-11-26(12-6-22)38(32,33)29-17-18-30(39(34,35)27-13-7-23(2)8-14-27)21-25(4)31(20-19-29)40(36,37)28-15-9-24(3)10-16-28/h5-16,25H,17-21H2,1-4H3/t25-/m1/s1. The molecular weight excluding hydrogens is 571 g/mol. The maximum absolute atomic E-state index is 13.8. The monoisotopic (exact) mass is 605 g/mol. The molecule has 3 aromatic carbocycles. The summed E-state index contributed by atoms with van der Waals surface area (Å²) < 4.78 is 86.0. The first-order chi connectivity index (χ1) is 18.7. The van der Waals surface area contributed by atoms with Gasteiger partial charge in [-0.25, -0.2) is 25.3 Å². The van der Waals surface area contributed by atoms with Crippen molar-refractivity contribution in [1.29, 1.82) is 0 Å². The molecule has 1 atom stereocenters. The van der Waals surface area contributed by atoms with E-state index < -0.39 is 36.1 Å². The second-order valence-corrected chi connectivity index (χ2v) is 15.9. The molecule has 0 saturated carbocycles. The van der Waals surface area contributed by atoms with Crippen molar-refractivity contribution in [3.8, 4) is 0 Å². The zero-order chi connectivity index (χ0) is 29.3. The number of aryl methyl sites for hydroxylation is 3. The summed E-state index contributed by atoms with van der Waals surface area (Å²) in [4.78, 5) is 0.182. The van der Waals surface area contributed by atoms with E-state index in [1.807, 2.05) is 20.8 Å². The summed E-state index contributed by atoms with van der Waals surface area (Å²) in [7, 11) is -12.2. The van der Waals surface area contributed by atoms with Crippen molar-refractivity contribution >= 4 is 30.1 Å². The van der Waals surface area contributed by atoms with Gasteiger partial charge in [0.2, 0.25) is 30.1 Å². The normalized spacial score (nSPS) is 19.1. The third kappa shape index (κ3) is 6.32. The maximum Gasteiger partial charge on any atom is 0.243 e. The SMILES string of the molecule is Cc1ccc(S(=O)(=O)N2CCN(S(=O)(=O)c3ccc(C)cc3)C[C@@H](C)N(S(=O)(=O)c3ccc(C)cc3)CC2)cc1. The Morgan fingerprint density at radius 2 is 0.825 bits per heavy atom. The summed E-state index contributed by atoms with van der Waals surface area (Å²) in [5, 5.41) is 0. The van der Waals surface area contributed by atoms with E-state index >= 15 is 0 Å². The van der Waals surface area contributed by atoms with E-state index in [0.29, 0.717) is 0 Å². The van der Waals surface area contributed by atoms with Gasteiger partial charge < -0.3 is 0 Å². The predicted molar refractivity (Wildman–Crippen MR) is 154 cm³/mol. The zero-order valence-corrected chi connectivity index (χ0v) is 25.5. The Hall–Kier alpha value is -2.61. The Morgan fingerprint density at radius 3 is 1.25 bits per heavy atom. The summed E-state index contributed by atoms with van der Waals surface area (Å²) in [5.41, 5.74) is 2.67. The summed E-state index contributed by atoms with van der Waals surface area (Å²) >= 11 is 0. The molecule has 0 aromatic heterocycles. The molecule has 3 aromatic rings. The molecule has 0 aliphatic carbocycles. The highest BCUT2D eigenvalue weighted by Gasteiger charge is 2.37. The van der Waals surface area contributed by atoms with Gasteiger partial charge in [-0.05, 0) is 64.1 Å². The van der Waals surface area contributed by atoms with Gasteiger partial charge in [-0.15, -0.1) is 0 Å². The second kappa shape index (κ2) is 11.7. The highest BCUT2D eigenvalue weighted by molar-refractivity contribution is 7.90. The van der Waals surface area contributed by atoms with Crippen LogP contribution >= 0.6 is 0 Å². The molecule has 1 aliphatic heterocycles. The van der Waals surface area contributed by atoms with Gasteiger partial charge in [0.25, 0.3) is 0 Å². The smallest absolute Gasteiger partial charge is 0.207 e. The average Bonchev–Trinajstić information content (AvgIpc) is 2.99. The first-order valence-corrected chi connectivity index (χ1v) is 17.3. The Kier molecular flexibility index (Phi) is 8.88. The largest absolute Gasteiger partial charge is 0.243 e. The molecule has 1 heterocycles. The van der Waals surface area contributed by atoms with Crippen LogP contribution in [-0.4, -0.2) is 76.9 Å². The van der Waals surface area contributed by atoms with E-state index in [2.05, 4.69) is 0 Å². The summed E-state index contributed by atoms with van der Waals surface area (Å²) in [5.74, 6) is 0. The number of sulfonamides is 3. The van der Waals surface area contributed by atoms with E-state index in [-0.39, 0.29) is 47.4 Å². The molecule has 1 fully saturated rings. The van der Waals surface area contributed by atoms with Crippen LogP contribution in [0.15, 0.2) is 87.5 Å². The van der Waals surface area contributed by atoms with Crippen LogP contribution in [0.2, 0.25) is 0 Å². The lowest BCUT2D eigenvalue weighted by Gasteiger charge is -2.31. The molecule has 0 radical (unpaired) electrons. The molecule has 0 N–H and O–H groups in total.